The number of anilines is 1. The van der Waals surface area contributed by atoms with Crippen LogP contribution in [0.3, 0.4) is 0 Å². The summed E-state index contributed by atoms with van der Waals surface area (Å²) in [5.74, 6) is 0.0115. The molecule has 3 amide bonds. The number of rotatable bonds is 5. The lowest BCUT2D eigenvalue weighted by Crippen LogP contribution is -2.30. The van der Waals surface area contributed by atoms with E-state index in [2.05, 4.69) is 10.3 Å². The average molecular weight is 416 g/mol. The smallest absolute Gasteiger partial charge is 0.237 e. The van der Waals surface area contributed by atoms with E-state index in [0.29, 0.717) is 17.5 Å². The molecule has 3 aliphatic rings. The molecule has 0 spiro atoms. The maximum Gasteiger partial charge on any atom is 0.237 e. The molecule has 2 heterocycles. The van der Waals surface area contributed by atoms with E-state index in [0.717, 1.165) is 53.1 Å². The van der Waals surface area contributed by atoms with E-state index in [9.17, 15) is 14.4 Å². The lowest BCUT2D eigenvalue weighted by Gasteiger charge is -2.19. The Morgan fingerprint density at radius 3 is 2.54 bits per heavy atom. The molecule has 1 aromatic carbocycles. The van der Waals surface area contributed by atoms with Gasteiger partial charge in [0.25, 0.3) is 0 Å². The van der Waals surface area contributed by atoms with Gasteiger partial charge < -0.3 is 5.32 Å². The number of carbonyl (C=O) groups is 3. The van der Waals surface area contributed by atoms with Crippen LogP contribution in [0.5, 0.6) is 0 Å². The fourth-order valence-corrected chi connectivity index (χ4v) is 6.05. The molecule has 2 saturated carbocycles. The van der Waals surface area contributed by atoms with Crippen LogP contribution >= 0.6 is 23.1 Å². The molecule has 3 fully saturated rings. The molecule has 28 heavy (non-hydrogen) atoms. The van der Waals surface area contributed by atoms with Gasteiger partial charge in [0.2, 0.25) is 17.7 Å². The maximum absolute atomic E-state index is 12.8. The first-order valence-electron chi connectivity index (χ1n) is 9.81. The molecule has 1 aromatic heterocycles. The van der Waals surface area contributed by atoms with Crippen molar-refractivity contribution >= 4 is 56.7 Å². The molecular weight excluding hydrogens is 394 g/mol. The summed E-state index contributed by atoms with van der Waals surface area (Å²) in [4.78, 5) is 43.4. The molecule has 0 unspecified atom stereocenters. The molecular formula is C20H21N3O3S2. The first kappa shape index (κ1) is 18.1. The zero-order valence-electron chi connectivity index (χ0n) is 15.3. The van der Waals surface area contributed by atoms with Crippen LogP contribution in [-0.2, 0) is 14.4 Å². The van der Waals surface area contributed by atoms with Crippen molar-refractivity contribution < 1.29 is 14.4 Å². The number of hydrogen-bond donors (Lipinski definition) is 1. The predicted molar refractivity (Wildman–Crippen MR) is 109 cm³/mol. The number of nitrogens with zero attached hydrogens (tertiary/aromatic N) is 2. The van der Waals surface area contributed by atoms with Crippen LogP contribution in [0.15, 0.2) is 22.5 Å². The molecule has 1 saturated heterocycles. The zero-order chi connectivity index (χ0) is 19.3. The SMILES string of the molecule is O=C(CSc1nc2ccc(N3C(=O)[C@H]4CCCC[C@@H]4C3=O)cc2s1)NC1CC1. The molecule has 146 valence electrons. The van der Waals surface area contributed by atoms with Gasteiger partial charge in [-0.3, -0.25) is 19.3 Å². The summed E-state index contributed by atoms with van der Waals surface area (Å²) in [6.45, 7) is 0. The number of amides is 3. The van der Waals surface area contributed by atoms with Gasteiger partial charge in [-0.2, -0.15) is 0 Å². The van der Waals surface area contributed by atoms with Crippen LogP contribution in [0.1, 0.15) is 38.5 Å². The summed E-state index contributed by atoms with van der Waals surface area (Å²) in [7, 11) is 0. The Balaban J connectivity index is 1.34. The number of nitrogens with one attached hydrogen (secondary N) is 1. The van der Waals surface area contributed by atoms with Crippen molar-refractivity contribution in [3.63, 3.8) is 0 Å². The number of imide groups is 1. The Bertz CT molecular complexity index is 945. The first-order chi connectivity index (χ1) is 13.6. The minimum Gasteiger partial charge on any atom is -0.353 e. The van der Waals surface area contributed by atoms with Gasteiger partial charge in [-0.15, -0.1) is 11.3 Å². The van der Waals surface area contributed by atoms with Crippen molar-refractivity contribution in [2.75, 3.05) is 10.7 Å². The normalized spacial score (nSPS) is 24.6. The molecule has 0 radical (unpaired) electrons. The Morgan fingerprint density at radius 1 is 1.14 bits per heavy atom. The molecule has 5 rings (SSSR count). The summed E-state index contributed by atoms with van der Waals surface area (Å²) < 4.78 is 1.75. The number of thiazole rings is 1. The van der Waals surface area contributed by atoms with Crippen LogP contribution in [0.25, 0.3) is 10.2 Å². The van der Waals surface area contributed by atoms with Crippen molar-refractivity contribution in [1.82, 2.24) is 10.3 Å². The molecule has 2 aromatic rings. The summed E-state index contributed by atoms with van der Waals surface area (Å²) in [5, 5.41) is 2.97. The standard InChI is InChI=1S/C20H21N3O3S2/c24-17(21-11-5-6-11)10-27-20-22-15-8-7-12(9-16(15)28-20)23-18(25)13-3-1-2-4-14(13)19(23)26/h7-9,11,13-14H,1-6,10H2,(H,21,24)/t13-,14-/m0/s1. The number of carbonyl (C=O) groups excluding carboxylic acids is 3. The average Bonchev–Trinajstić information content (AvgIpc) is 3.35. The maximum atomic E-state index is 12.8. The van der Waals surface area contributed by atoms with Gasteiger partial charge in [0.1, 0.15) is 0 Å². The minimum absolute atomic E-state index is 0.0447. The molecule has 0 bridgehead atoms. The topological polar surface area (TPSA) is 79.4 Å². The number of thioether (sulfide) groups is 1. The Morgan fingerprint density at radius 2 is 1.86 bits per heavy atom. The first-order valence-corrected chi connectivity index (χ1v) is 11.6. The van der Waals surface area contributed by atoms with Gasteiger partial charge in [-0.25, -0.2) is 4.98 Å². The van der Waals surface area contributed by atoms with Gasteiger partial charge in [-0.05, 0) is 43.9 Å². The lowest BCUT2D eigenvalue weighted by atomic mass is 9.81. The number of fused-ring (bicyclic) bond motifs is 2. The van der Waals surface area contributed by atoms with E-state index in [1.54, 1.807) is 0 Å². The second-order valence-corrected chi connectivity index (χ2v) is 10.0. The molecule has 2 atom stereocenters. The highest BCUT2D eigenvalue weighted by Crippen LogP contribution is 2.41. The Hall–Kier alpha value is -1.93. The van der Waals surface area contributed by atoms with E-state index >= 15 is 0 Å². The van der Waals surface area contributed by atoms with E-state index in [1.807, 2.05) is 18.2 Å². The van der Waals surface area contributed by atoms with Crippen LogP contribution in [0.4, 0.5) is 5.69 Å². The van der Waals surface area contributed by atoms with Gasteiger partial charge in [0.15, 0.2) is 4.34 Å². The van der Waals surface area contributed by atoms with E-state index in [-0.39, 0.29) is 29.6 Å². The predicted octanol–water partition coefficient (Wildman–Crippen LogP) is 3.35. The van der Waals surface area contributed by atoms with Gasteiger partial charge >= 0.3 is 0 Å². The molecule has 2 aliphatic carbocycles. The highest BCUT2D eigenvalue weighted by atomic mass is 32.2. The summed E-state index contributed by atoms with van der Waals surface area (Å²) >= 11 is 2.92. The Kier molecular flexibility index (Phi) is 4.63. The van der Waals surface area contributed by atoms with Crippen LogP contribution in [0.2, 0.25) is 0 Å². The van der Waals surface area contributed by atoms with Crippen LogP contribution in [-0.4, -0.2) is 34.5 Å². The third kappa shape index (κ3) is 3.33. The summed E-state index contributed by atoms with van der Waals surface area (Å²) in [6, 6.07) is 5.92. The summed E-state index contributed by atoms with van der Waals surface area (Å²) in [5.41, 5.74) is 1.47. The van der Waals surface area contributed by atoms with Crippen molar-refractivity contribution in [3.05, 3.63) is 18.2 Å². The van der Waals surface area contributed by atoms with E-state index in [4.69, 9.17) is 0 Å². The van der Waals surface area contributed by atoms with E-state index in [1.165, 1.54) is 28.0 Å². The fourth-order valence-electron chi connectivity index (χ4n) is 4.13. The molecule has 8 heteroatoms. The van der Waals surface area contributed by atoms with Gasteiger partial charge in [0.05, 0.1) is 33.5 Å². The van der Waals surface area contributed by atoms with Gasteiger partial charge in [0, 0.05) is 6.04 Å². The fraction of sp³-hybridized carbons (Fsp3) is 0.500. The third-order valence-corrected chi connectivity index (χ3v) is 7.88. The van der Waals surface area contributed by atoms with Crippen molar-refractivity contribution in [1.29, 1.82) is 0 Å². The van der Waals surface area contributed by atoms with Crippen molar-refractivity contribution in [2.24, 2.45) is 11.8 Å². The van der Waals surface area contributed by atoms with Crippen molar-refractivity contribution in [3.8, 4) is 0 Å². The third-order valence-electron chi connectivity index (χ3n) is 5.72. The zero-order valence-corrected chi connectivity index (χ0v) is 17.0. The second-order valence-electron chi connectivity index (χ2n) is 7.77. The number of aromatic nitrogens is 1. The number of benzene rings is 1. The minimum atomic E-state index is -0.144. The quantitative estimate of drug-likeness (QED) is 0.598. The number of hydrogen-bond acceptors (Lipinski definition) is 6. The van der Waals surface area contributed by atoms with Gasteiger partial charge in [-0.1, -0.05) is 24.6 Å². The van der Waals surface area contributed by atoms with Crippen LogP contribution < -0.4 is 10.2 Å². The van der Waals surface area contributed by atoms with E-state index < -0.39 is 0 Å². The highest BCUT2D eigenvalue weighted by molar-refractivity contribution is 8.01. The summed E-state index contributed by atoms with van der Waals surface area (Å²) in [6.07, 6.45) is 5.84. The Labute approximate surface area is 171 Å². The largest absolute Gasteiger partial charge is 0.353 e. The lowest BCUT2D eigenvalue weighted by molar-refractivity contribution is -0.122. The second kappa shape index (κ2) is 7.15. The van der Waals surface area contributed by atoms with Crippen LogP contribution in [0, 0.1) is 11.8 Å². The molecule has 1 N–H and O–H groups in total. The molecule has 6 nitrogen and oxygen atoms in total. The highest BCUT2D eigenvalue weighted by Gasteiger charge is 2.48. The molecule has 1 aliphatic heterocycles. The monoisotopic (exact) mass is 415 g/mol. The van der Waals surface area contributed by atoms with Crippen molar-refractivity contribution in [2.45, 2.75) is 48.9 Å².